The number of benzene rings is 4. The highest BCUT2D eigenvalue weighted by Crippen LogP contribution is 2.31. The lowest BCUT2D eigenvalue weighted by molar-refractivity contribution is 0.0434. The van der Waals surface area contributed by atoms with Crippen molar-refractivity contribution in [3.8, 4) is 23.0 Å². The number of carbonyl (C=O) groups is 1. The molecule has 2 fully saturated rings. The topological polar surface area (TPSA) is 77.6 Å². The Morgan fingerprint density at radius 1 is 0.809 bits per heavy atom. The van der Waals surface area contributed by atoms with E-state index in [9.17, 15) is 10.1 Å². The number of imidazole rings is 1. The van der Waals surface area contributed by atoms with Gasteiger partial charge in [0.1, 0.15) is 6.33 Å². The summed E-state index contributed by atoms with van der Waals surface area (Å²) in [5.41, 5.74) is 7.26. The van der Waals surface area contributed by atoms with Crippen LogP contribution in [0, 0.1) is 11.3 Å². The molecule has 7 rings (SSSR count). The molecule has 1 atom stereocenters. The van der Waals surface area contributed by atoms with Gasteiger partial charge in [0, 0.05) is 62.2 Å². The Morgan fingerprint density at radius 3 is 2.28 bits per heavy atom. The van der Waals surface area contributed by atoms with Gasteiger partial charge in [0.05, 0.1) is 30.5 Å². The number of carbonyl (C=O) groups excluding carboxylic acids is 1. The van der Waals surface area contributed by atoms with Crippen LogP contribution in [0.3, 0.4) is 0 Å². The molecule has 2 aliphatic rings. The van der Waals surface area contributed by atoms with Crippen LogP contribution in [0.5, 0.6) is 0 Å². The molecule has 1 amide bonds. The van der Waals surface area contributed by atoms with Crippen LogP contribution in [0.15, 0.2) is 116 Å². The number of nitrogens with zero attached hydrogens (tertiary/aromatic N) is 6. The van der Waals surface area contributed by atoms with Crippen LogP contribution in [0.25, 0.3) is 16.9 Å². The van der Waals surface area contributed by atoms with Crippen molar-refractivity contribution < 1.29 is 9.53 Å². The Labute approximate surface area is 276 Å². The summed E-state index contributed by atoms with van der Waals surface area (Å²) in [4.78, 5) is 26.3. The fourth-order valence-electron chi connectivity index (χ4n) is 6.70. The summed E-state index contributed by atoms with van der Waals surface area (Å²) in [6.45, 7) is 6.06. The first-order valence-electron chi connectivity index (χ1n) is 16.3. The molecular formula is C39H38N6O2. The number of amides is 1. The van der Waals surface area contributed by atoms with Crippen LogP contribution < -0.4 is 4.90 Å². The molecule has 0 saturated carbocycles. The maximum absolute atomic E-state index is 14.7. The Balaban J connectivity index is 1.22. The molecule has 0 radical (unpaired) electrons. The van der Waals surface area contributed by atoms with Crippen LogP contribution >= 0.6 is 0 Å². The maximum atomic E-state index is 14.7. The Hall–Kier alpha value is -5.23. The minimum absolute atomic E-state index is 0.0636. The molecule has 8 heteroatoms. The van der Waals surface area contributed by atoms with Gasteiger partial charge >= 0.3 is 0 Å². The lowest BCUT2D eigenvalue weighted by atomic mass is 9.99. The van der Waals surface area contributed by atoms with Gasteiger partial charge in [-0.15, -0.1) is 0 Å². The lowest BCUT2D eigenvalue weighted by Gasteiger charge is -2.41. The zero-order chi connectivity index (χ0) is 32.0. The molecule has 236 valence electrons. The molecule has 2 aliphatic heterocycles. The minimum Gasteiger partial charge on any atom is -0.378 e. The Kier molecular flexibility index (Phi) is 9.09. The smallest absolute Gasteiger partial charge is 0.275 e. The number of hydrogen-bond donors (Lipinski definition) is 0. The number of anilines is 1. The van der Waals surface area contributed by atoms with Crippen LogP contribution in [-0.4, -0.2) is 77.2 Å². The number of aromatic nitrogens is 2. The predicted octanol–water partition coefficient (Wildman–Crippen LogP) is 5.82. The summed E-state index contributed by atoms with van der Waals surface area (Å²) in [5.74, 6) is -0.0649. The van der Waals surface area contributed by atoms with E-state index in [0.29, 0.717) is 37.4 Å². The van der Waals surface area contributed by atoms with E-state index in [-0.39, 0.29) is 11.9 Å². The van der Waals surface area contributed by atoms with Crippen molar-refractivity contribution in [1.82, 2.24) is 19.4 Å². The van der Waals surface area contributed by atoms with E-state index in [4.69, 9.17) is 9.72 Å². The largest absolute Gasteiger partial charge is 0.378 e. The molecule has 3 heterocycles. The average molecular weight is 623 g/mol. The SMILES string of the molecule is N#Cc1ccc(CC2CN(Cc3ccccc3)CCN2C(=O)c2ncn(-c3cccc(N4CCOCC4)c3)c2-c2ccccc2)cc1. The van der Waals surface area contributed by atoms with Crippen molar-refractivity contribution in [2.45, 2.75) is 19.0 Å². The first kappa shape index (κ1) is 30.4. The van der Waals surface area contributed by atoms with Crippen molar-refractivity contribution in [2.24, 2.45) is 0 Å². The van der Waals surface area contributed by atoms with Crippen molar-refractivity contribution in [1.29, 1.82) is 5.26 Å². The van der Waals surface area contributed by atoms with E-state index >= 15 is 0 Å². The third-order valence-corrected chi connectivity index (χ3v) is 9.13. The maximum Gasteiger partial charge on any atom is 0.275 e. The quantitative estimate of drug-likeness (QED) is 0.217. The molecule has 5 aromatic rings. The number of rotatable bonds is 8. The van der Waals surface area contributed by atoms with E-state index in [1.54, 1.807) is 6.33 Å². The van der Waals surface area contributed by atoms with Gasteiger partial charge in [0.2, 0.25) is 0 Å². The van der Waals surface area contributed by atoms with Gasteiger partial charge in [-0.2, -0.15) is 5.26 Å². The molecular weight excluding hydrogens is 584 g/mol. The second-order valence-electron chi connectivity index (χ2n) is 12.2. The van der Waals surface area contributed by atoms with Gasteiger partial charge in [-0.25, -0.2) is 4.98 Å². The van der Waals surface area contributed by atoms with Crippen LogP contribution in [0.4, 0.5) is 5.69 Å². The number of piperazine rings is 1. The fourth-order valence-corrected chi connectivity index (χ4v) is 6.70. The molecule has 8 nitrogen and oxygen atoms in total. The second kappa shape index (κ2) is 14.0. The molecule has 4 aromatic carbocycles. The number of morpholine rings is 1. The first-order valence-corrected chi connectivity index (χ1v) is 16.3. The third kappa shape index (κ3) is 6.82. The lowest BCUT2D eigenvalue weighted by Crippen LogP contribution is -2.55. The van der Waals surface area contributed by atoms with Crippen LogP contribution in [0.1, 0.15) is 27.2 Å². The van der Waals surface area contributed by atoms with Gasteiger partial charge in [0.25, 0.3) is 5.91 Å². The van der Waals surface area contributed by atoms with Gasteiger partial charge in [-0.05, 0) is 47.9 Å². The first-order chi connectivity index (χ1) is 23.2. The summed E-state index contributed by atoms with van der Waals surface area (Å²) >= 11 is 0. The normalized spacial score (nSPS) is 17.0. The Bertz CT molecular complexity index is 1840. The van der Waals surface area contributed by atoms with E-state index in [0.717, 1.165) is 60.9 Å². The fraction of sp³-hybridized carbons (Fsp3) is 0.256. The molecule has 0 bridgehead atoms. The molecule has 47 heavy (non-hydrogen) atoms. The molecule has 1 aromatic heterocycles. The molecule has 0 N–H and O–H groups in total. The molecule has 0 spiro atoms. The second-order valence-corrected chi connectivity index (χ2v) is 12.2. The third-order valence-electron chi connectivity index (χ3n) is 9.13. The highest BCUT2D eigenvalue weighted by atomic mass is 16.5. The van der Waals surface area contributed by atoms with Crippen molar-refractivity contribution in [3.63, 3.8) is 0 Å². The van der Waals surface area contributed by atoms with Gasteiger partial charge in [0.15, 0.2) is 5.69 Å². The molecule has 0 aliphatic carbocycles. The van der Waals surface area contributed by atoms with Crippen LogP contribution in [-0.2, 0) is 17.7 Å². The predicted molar refractivity (Wildman–Crippen MR) is 183 cm³/mol. The highest BCUT2D eigenvalue weighted by Gasteiger charge is 2.34. The number of hydrogen-bond acceptors (Lipinski definition) is 6. The highest BCUT2D eigenvalue weighted by molar-refractivity contribution is 5.99. The summed E-state index contributed by atoms with van der Waals surface area (Å²) in [6.07, 6.45) is 2.47. The monoisotopic (exact) mass is 622 g/mol. The van der Waals surface area contributed by atoms with E-state index in [2.05, 4.69) is 64.4 Å². The summed E-state index contributed by atoms with van der Waals surface area (Å²) in [6, 6.07) is 38.9. The van der Waals surface area contributed by atoms with Gasteiger partial charge in [-0.1, -0.05) is 78.9 Å². The van der Waals surface area contributed by atoms with E-state index < -0.39 is 0 Å². The van der Waals surface area contributed by atoms with Gasteiger partial charge in [-0.3, -0.25) is 14.3 Å². The molecule has 1 unspecified atom stereocenters. The van der Waals surface area contributed by atoms with E-state index in [1.165, 1.54) is 5.56 Å². The van der Waals surface area contributed by atoms with E-state index in [1.807, 2.05) is 70.1 Å². The van der Waals surface area contributed by atoms with Crippen LogP contribution in [0.2, 0.25) is 0 Å². The zero-order valence-electron chi connectivity index (χ0n) is 26.4. The summed E-state index contributed by atoms with van der Waals surface area (Å²) in [5, 5.41) is 9.33. The summed E-state index contributed by atoms with van der Waals surface area (Å²) in [7, 11) is 0. The van der Waals surface area contributed by atoms with Crippen molar-refractivity contribution in [2.75, 3.05) is 50.8 Å². The van der Waals surface area contributed by atoms with Gasteiger partial charge < -0.3 is 14.5 Å². The minimum atomic E-state index is -0.0649. The number of nitriles is 1. The van der Waals surface area contributed by atoms with Crippen molar-refractivity contribution in [3.05, 3.63) is 138 Å². The Morgan fingerprint density at radius 2 is 1.53 bits per heavy atom. The van der Waals surface area contributed by atoms with Crippen molar-refractivity contribution >= 4 is 11.6 Å². The average Bonchev–Trinajstić information content (AvgIpc) is 3.59. The number of ether oxygens (including phenoxy) is 1. The zero-order valence-corrected chi connectivity index (χ0v) is 26.4. The summed E-state index contributed by atoms with van der Waals surface area (Å²) < 4.78 is 7.63. The molecule has 2 saturated heterocycles. The standard InChI is InChI=1S/C39H38N6O2/c40-26-31-16-14-30(15-17-31)24-36-28-42(27-32-8-3-1-4-9-32)18-19-44(36)39(46)37-38(33-10-5-2-6-11-33)45(29-41-37)35-13-7-12-34(25-35)43-20-22-47-23-21-43/h1-17,25,29,36H,18-24,27-28H2.